The fourth-order valence-corrected chi connectivity index (χ4v) is 2.91. The first kappa shape index (κ1) is 13.9. The van der Waals surface area contributed by atoms with Crippen molar-refractivity contribution in [1.29, 1.82) is 0 Å². The molecule has 1 fully saturated rings. The van der Waals surface area contributed by atoms with Crippen LogP contribution >= 0.6 is 0 Å². The summed E-state index contributed by atoms with van der Waals surface area (Å²) in [6, 6.07) is 0.539. The molecular formula is C14H24N4O. The van der Waals surface area contributed by atoms with Crippen LogP contribution in [0.2, 0.25) is 0 Å². The molecule has 5 heteroatoms. The molecule has 1 aliphatic carbocycles. The summed E-state index contributed by atoms with van der Waals surface area (Å²) in [5.41, 5.74) is 0. The van der Waals surface area contributed by atoms with Crippen molar-refractivity contribution in [3.8, 4) is 5.75 Å². The van der Waals surface area contributed by atoms with Crippen molar-refractivity contribution in [1.82, 2.24) is 9.97 Å². The Labute approximate surface area is 115 Å². The average molecular weight is 264 g/mol. The summed E-state index contributed by atoms with van der Waals surface area (Å²) >= 11 is 0. The van der Waals surface area contributed by atoms with Gasteiger partial charge in [-0.25, -0.2) is 9.97 Å². The lowest BCUT2D eigenvalue weighted by atomic mass is 9.86. The Morgan fingerprint density at radius 3 is 2.79 bits per heavy atom. The summed E-state index contributed by atoms with van der Waals surface area (Å²) in [5, 5.41) is 3.05. The minimum atomic E-state index is 0.539. The Morgan fingerprint density at radius 2 is 2.16 bits per heavy atom. The molecular weight excluding hydrogens is 240 g/mol. The fourth-order valence-electron chi connectivity index (χ4n) is 2.91. The van der Waals surface area contributed by atoms with Crippen LogP contribution in [0.4, 0.5) is 11.6 Å². The molecule has 0 spiro atoms. The van der Waals surface area contributed by atoms with Crippen molar-refractivity contribution in [3.63, 3.8) is 0 Å². The summed E-state index contributed by atoms with van der Waals surface area (Å²) in [6.07, 6.45) is 6.67. The van der Waals surface area contributed by atoms with Gasteiger partial charge in [-0.3, -0.25) is 0 Å². The first-order valence-electron chi connectivity index (χ1n) is 6.97. The zero-order valence-corrected chi connectivity index (χ0v) is 12.3. The average Bonchev–Trinajstić information content (AvgIpc) is 2.45. The van der Waals surface area contributed by atoms with Crippen LogP contribution in [0, 0.1) is 5.92 Å². The van der Waals surface area contributed by atoms with E-state index in [1.54, 1.807) is 13.4 Å². The number of aromatic nitrogens is 2. The summed E-state index contributed by atoms with van der Waals surface area (Å²) < 4.78 is 5.48. The molecule has 1 aromatic rings. The highest BCUT2D eigenvalue weighted by atomic mass is 16.5. The highest BCUT2D eigenvalue weighted by Gasteiger charge is 2.26. The van der Waals surface area contributed by atoms with Crippen molar-refractivity contribution < 1.29 is 4.74 Å². The first-order chi connectivity index (χ1) is 9.17. The summed E-state index contributed by atoms with van der Waals surface area (Å²) in [5.74, 6) is 3.13. The Balaban J connectivity index is 2.25. The third-order valence-electron chi connectivity index (χ3n) is 4.02. The molecule has 2 atom stereocenters. The van der Waals surface area contributed by atoms with Gasteiger partial charge in [-0.05, 0) is 18.8 Å². The second-order valence-electron chi connectivity index (χ2n) is 5.37. The fraction of sp³-hybridized carbons (Fsp3) is 0.714. The van der Waals surface area contributed by atoms with Gasteiger partial charge in [0, 0.05) is 20.1 Å². The van der Waals surface area contributed by atoms with Gasteiger partial charge in [0.2, 0.25) is 5.75 Å². The van der Waals surface area contributed by atoms with Gasteiger partial charge in [-0.15, -0.1) is 0 Å². The Hall–Kier alpha value is -1.52. The third-order valence-corrected chi connectivity index (χ3v) is 4.02. The number of nitrogens with zero attached hydrogens (tertiary/aromatic N) is 3. The van der Waals surface area contributed by atoms with Crippen molar-refractivity contribution in [2.45, 2.75) is 38.6 Å². The van der Waals surface area contributed by atoms with E-state index in [0.717, 1.165) is 23.3 Å². The van der Waals surface area contributed by atoms with E-state index in [1.165, 1.54) is 25.7 Å². The minimum absolute atomic E-state index is 0.539. The molecule has 0 amide bonds. The maximum absolute atomic E-state index is 5.48. The molecule has 19 heavy (non-hydrogen) atoms. The van der Waals surface area contributed by atoms with Crippen molar-refractivity contribution in [2.24, 2.45) is 5.92 Å². The molecule has 1 heterocycles. The van der Waals surface area contributed by atoms with E-state index in [0.29, 0.717) is 6.04 Å². The number of rotatable bonds is 4. The molecule has 0 saturated heterocycles. The Kier molecular flexibility index (Phi) is 4.45. The monoisotopic (exact) mass is 264 g/mol. The molecule has 0 bridgehead atoms. The van der Waals surface area contributed by atoms with Gasteiger partial charge in [0.15, 0.2) is 11.6 Å². The summed E-state index contributed by atoms with van der Waals surface area (Å²) in [7, 11) is 5.62. The van der Waals surface area contributed by atoms with Gasteiger partial charge in [-0.1, -0.05) is 19.8 Å². The van der Waals surface area contributed by atoms with Gasteiger partial charge in [0.1, 0.15) is 6.33 Å². The number of hydrogen-bond donors (Lipinski definition) is 1. The van der Waals surface area contributed by atoms with Crippen LogP contribution in [0.3, 0.4) is 0 Å². The molecule has 1 aliphatic rings. The van der Waals surface area contributed by atoms with Gasteiger partial charge < -0.3 is 15.0 Å². The van der Waals surface area contributed by atoms with Crippen LogP contribution in [-0.4, -0.2) is 37.2 Å². The van der Waals surface area contributed by atoms with E-state index < -0.39 is 0 Å². The van der Waals surface area contributed by atoms with Crippen molar-refractivity contribution in [3.05, 3.63) is 6.33 Å². The van der Waals surface area contributed by atoms with Crippen LogP contribution in [0.15, 0.2) is 6.33 Å². The third kappa shape index (κ3) is 2.91. The van der Waals surface area contributed by atoms with E-state index in [4.69, 9.17) is 4.74 Å². The molecule has 2 unspecified atom stereocenters. The topological polar surface area (TPSA) is 50.3 Å². The van der Waals surface area contributed by atoms with Gasteiger partial charge in [0.05, 0.1) is 7.11 Å². The molecule has 1 aromatic heterocycles. The van der Waals surface area contributed by atoms with Crippen LogP contribution in [-0.2, 0) is 0 Å². The van der Waals surface area contributed by atoms with Gasteiger partial charge >= 0.3 is 0 Å². The van der Waals surface area contributed by atoms with E-state index in [9.17, 15) is 0 Å². The lowest BCUT2D eigenvalue weighted by molar-refractivity contribution is 0.332. The lowest BCUT2D eigenvalue weighted by Gasteiger charge is -2.35. The second kappa shape index (κ2) is 6.08. The first-order valence-corrected chi connectivity index (χ1v) is 6.97. The molecule has 2 rings (SSSR count). The van der Waals surface area contributed by atoms with E-state index in [-0.39, 0.29) is 0 Å². The zero-order chi connectivity index (χ0) is 13.8. The molecule has 0 aliphatic heterocycles. The Bertz CT molecular complexity index is 424. The second-order valence-corrected chi connectivity index (χ2v) is 5.37. The molecule has 1 N–H and O–H groups in total. The van der Waals surface area contributed by atoms with E-state index in [1.807, 2.05) is 7.05 Å². The highest BCUT2D eigenvalue weighted by molar-refractivity contribution is 5.64. The van der Waals surface area contributed by atoms with Crippen LogP contribution in [0.1, 0.15) is 32.6 Å². The molecule has 0 aromatic carbocycles. The predicted molar refractivity (Wildman–Crippen MR) is 78.0 cm³/mol. The molecule has 0 radical (unpaired) electrons. The highest BCUT2D eigenvalue weighted by Crippen LogP contribution is 2.35. The van der Waals surface area contributed by atoms with Crippen LogP contribution in [0.25, 0.3) is 0 Å². The van der Waals surface area contributed by atoms with Crippen molar-refractivity contribution in [2.75, 3.05) is 31.4 Å². The van der Waals surface area contributed by atoms with Gasteiger partial charge in [-0.2, -0.15) is 0 Å². The maximum Gasteiger partial charge on any atom is 0.204 e. The predicted octanol–water partition coefficient (Wildman–Crippen LogP) is 2.54. The molecule has 1 saturated carbocycles. The number of ether oxygens (including phenoxy) is 1. The number of nitrogens with one attached hydrogen (secondary N) is 1. The molecule has 106 valence electrons. The number of anilines is 2. The normalized spacial score (nSPS) is 22.9. The zero-order valence-electron chi connectivity index (χ0n) is 12.3. The quantitative estimate of drug-likeness (QED) is 0.905. The maximum atomic E-state index is 5.48. The van der Waals surface area contributed by atoms with Gasteiger partial charge in [0.25, 0.3) is 0 Å². The van der Waals surface area contributed by atoms with E-state index >= 15 is 0 Å². The largest absolute Gasteiger partial charge is 0.490 e. The van der Waals surface area contributed by atoms with E-state index in [2.05, 4.69) is 34.2 Å². The van der Waals surface area contributed by atoms with Crippen molar-refractivity contribution >= 4 is 11.6 Å². The lowest BCUT2D eigenvalue weighted by Crippen LogP contribution is -2.36. The smallest absolute Gasteiger partial charge is 0.204 e. The number of hydrogen-bond acceptors (Lipinski definition) is 5. The SMILES string of the molecule is CNc1ncnc(N(C)C2CCCC(C)C2)c1OC. The summed E-state index contributed by atoms with van der Waals surface area (Å²) in [6.45, 7) is 2.33. The van der Waals surface area contributed by atoms with Crippen LogP contribution < -0.4 is 15.0 Å². The minimum Gasteiger partial charge on any atom is -0.490 e. The molecule has 5 nitrogen and oxygen atoms in total. The standard InChI is InChI=1S/C14H24N4O/c1-10-6-5-7-11(8-10)18(3)14-12(19-4)13(15-2)16-9-17-14/h9-11H,5-8H2,1-4H3,(H,15,16,17). The summed E-state index contributed by atoms with van der Waals surface area (Å²) in [4.78, 5) is 10.9. The van der Waals surface area contributed by atoms with Crippen LogP contribution in [0.5, 0.6) is 5.75 Å². The number of methoxy groups -OCH3 is 1. The Morgan fingerprint density at radius 1 is 1.37 bits per heavy atom.